The Bertz CT molecular complexity index is 619. The van der Waals surface area contributed by atoms with Gasteiger partial charge in [0.15, 0.2) is 11.5 Å². The number of aliphatic carboxylic acids is 1. The number of carboxylic acids is 1. The Kier molecular flexibility index (Phi) is 6.75. The third kappa shape index (κ3) is 4.41. The van der Waals surface area contributed by atoms with Crippen LogP contribution in [0.2, 0.25) is 0 Å². The van der Waals surface area contributed by atoms with Crippen molar-refractivity contribution in [3.63, 3.8) is 0 Å². The zero-order valence-electron chi connectivity index (χ0n) is 13.9. The molecule has 146 valence electrons. The summed E-state index contributed by atoms with van der Waals surface area (Å²) < 4.78 is 15.8. The normalized spacial score (nSPS) is 29.8. The van der Waals surface area contributed by atoms with E-state index in [1.807, 2.05) is 0 Å². The van der Waals surface area contributed by atoms with Crippen LogP contribution in [0, 0.1) is 0 Å². The number of carbonyl (C=O) groups is 1. The van der Waals surface area contributed by atoms with Gasteiger partial charge in [0.05, 0.1) is 19.8 Å². The van der Waals surface area contributed by atoms with Crippen molar-refractivity contribution in [3.05, 3.63) is 23.8 Å². The highest BCUT2D eigenvalue weighted by Gasteiger charge is 2.44. The predicted molar refractivity (Wildman–Crippen MR) is 82.0 cm³/mol. The molecule has 1 aromatic rings. The number of benzene rings is 1. The van der Waals surface area contributed by atoms with Crippen LogP contribution in [0.25, 0.3) is 0 Å². The maximum Gasteiger partial charge on any atom is 0.229 e. The van der Waals surface area contributed by atoms with E-state index >= 15 is 0 Å². The molecular weight excluding hydrogens is 352 g/mol. The molecule has 5 N–H and O–H groups in total. The van der Waals surface area contributed by atoms with Crippen molar-refractivity contribution in [1.29, 1.82) is 0 Å². The van der Waals surface area contributed by atoms with Gasteiger partial charge < -0.3 is 49.6 Å². The topological polar surface area (TPSA) is 169 Å². The van der Waals surface area contributed by atoms with E-state index in [0.717, 1.165) is 0 Å². The largest absolute Gasteiger partial charge is 0.550 e. The van der Waals surface area contributed by atoms with Crippen molar-refractivity contribution in [2.75, 3.05) is 13.7 Å². The van der Waals surface area contributed by atoms with Gasteiger partial charge in [-0.2, -0.15) is 0 Å². The molecule has 1 aliphatic heterocycles. The lowest BCUT2D eigenvalue weighted by Crippen LogP contribution is -2.60. The molecule has 0 aromatic heterocycles. The Balaban J connectivity index is 2.19. The first-order valence-electron chi connectivity index (χ1n) is 7.81. The van der Waals surface area contributed by atoms with Crippen LogP contribution in [0.15, 0.2) is 18.2 Å². The van der Waals surface area contributed by atoms with E-state index in [1.165, 1.54) is 25.3 Å². The highest BCUT2D eigenvalue weighted by molar-refractivity contribution is 5.65. The van der Waals surface area contributed by atoms with E-state index in [-0.39, 0.29) is 17.1 Å². The summed E-state index contributed by atoms with van der Waals surface area (Å²) in [6.45, 7) is -0.601. The lowest BCUT2D eigenvalue weighted by molar-refractivity contribution is -0.307. The number of carbonyl (C=O) groups excluding carboxylic acids is 1. The average Bonchev–Trinajstić information content (AvgIpc) is 2.61. The summed E-state index contributed by atoms with van der Waals surface area (Å²) >= 11 is 0. The number of ether oxygens (including phenoxy) is 3. The van der Waals surface area contributed by atoms with Crippen LogP contribution in [0.4, 0.5) is 0 Å². The van der Waals surface area contributed by atoms with Gasteiger partial charge in [-0.1, -0.05) is 6.07 Å². The molecule has 0 aliphatic carbocycles. The van der Waals surface area contributed by atoms with Crippen LogP contribution in [-0.4, -0.2) is 75.9 Å². The number of hydrogen-bond acceptors (Lipinski definition) is 10. The molecule has 1 aromatic carbocycles. The van der Waals surface area contributed by atoms with Gasteiger partial charge in [-0.3, -0.25) is 0 Å². The van der Waals surface area contributed by atoms with E-state index in [2.05, 4.69) is 0 Å². The number of methoxy groups -OCH3 is 1. The monoisotopic (exact) mass is 373 g/mol. The maximum atomic E-state index is 10.6. The molecule has 1 unspecified atom stereocenters. The third-order valence-corrected chi connectivity index (χ3v) is 4.02. The first kappa shape index (κ1) is 20.4. The molecule has 10 heteroatoms. The Morgan fingerprint density at radius 1 is 1.23 bits per heavy atom. The summed E-state index contributed by atoms with van der Waals surface area (Å²) in [6, 6.07) is 4.08. The van der Waals surface area contributed by atoms with E-state index in [0.29, 0.717) is 0 Å². The molecule has 0 amide bonds. The molecular formula is C16H21O10-. The highest BCUT2D eigenvalue weighted by atomic mass is 16.7. The Morgan fingerprint density at radius 2 is 1.92 bits per heavy atom. The third-order valence-electron chi connectivity index (χ3n) is 4.02. The standard InChI is InChI=1S/C16H22O10/c1-24-10-4-7(8(18)5-12(19)20)2-3-9(10)25-16-15(23)14(22)13(21)11(6-17)26-16/h2-4,8,11,13-18,21-23H,5-6H2,1H3,(H,19,20)/p-1/t8?,11-,13-,14+,15-,16-/m1/s1. The fourth-order valence-corrected chi connectivity index (χ4v) is 2.55. The van der Waals surface area contributed by atoms with Gasteiger partial charge in [-0.05, 0) is 17.7 Å². The number of hydrogen-bond donors (Lipinski definition) is 5. The molecule has 1 heterocycles. The first-order valence-corrected chi connectivity index (χ1v) is 7.81. The van der Waals surface area contributed by atoms with Crippen molar-refractivity contribution >= 4 is 5.97 Å². The Labute approximate surface area is 148 Å². The van der Waals surface area contributed by atoms with Gasteiger partial charge >= 0.3 is 0 Å². The smallest absolute Gasteiger partial charge is 0.229 e. The summed E-state index contributed by atoms with van der Waals surface area (Å²) in [4.78, 5) is 10.6. The van der Waals surface area contributed by atoms with Crippen molar-refractivity contribution in [1.82, 2.24) is 0 Å². The van der Waals surface area contributed by atoms with Crippen LogP contribution in [0.5, 0.6) is 11.5 Å². The molecule has 0 radical (unpaired) electrons. The number of aliphatic hydroxyl groups is 5. The number of aliphatic hydroxyl groups excluding tert-OH is 5. The van der Waals surface area contributed by atoms with E-state index in [4.69, 9.17) is 14.2 Å². The highest BCUT2D eigenvalue weighted by Crippen LogP contribution is 2.33. The van der Waals surface area contributed by atoms with Gasteiger partial charge in [-0.15, -0.1) is 0 Å². The molecule has 0 saturated carbocycles. The molecule has 2 rings (SSSR count). The molecule has 1 aliphatic rings. The van der Waals surface area contributed by atoms with Crippen LogP contribution < -0.4 is 14.6 Å². The molecule has 26 heavy (non-hydrogen) atoms. The van der Waals surface area contributed by atoms with Gasteiger partial charge in [0, 0.05) is 12.4 Å². The second kappa shape index (κ2) is 8.62. The van der Waals surface area contributed by atoms with Crippen molar-refractivity contribution in [3.8, 4) is 11.5 Å². The Morgan fingerprint density at radius 3 is 2.50 bits per heavy atom. The molecule has 0 bridgehead atoms. The fourth-order valence-electron chi connectivity index (χ4n) is 2.55. The summed E-state index contributed by atoms with van der Waals surface area (Å²) in [5, 5.41) is 59.1. The van der Waals surface area contributed by atoms with Gasteiger partial charge in [0.2, 0.25) is 6.29 Å². The lowest BCUT2D eigenvalue weighted by Gasteiger charge is -2.39. The van der Waals surface area contributed by atoms with Gasteiger partial charge in [0.1, 0.15) is 24.4 Å². The van der Waals surface area contributed by atoms with Crippen molar-refractivity contribution in [2.24, 2.45) is 0 Å². The molecule has 10 nitrogen and oxygen atoms in total. The summed E-state index contributed by atoms with van der Waals surface area (Å²) in [5.41, 5.74) is 0.243. The van der Waals surface area contributed by atoms with Gasteiger partial charge in [-0.25, -0.2) is 0 Å². The van der Waals surface area contributed by atoms with E-state index in [1.54, 1.807) is 0 Å². The van der Waals surface area contributed by atoms with Crippen LogP contribution in [-0.2, 0) is 9.53 Å². The molecule has 6 atom stereocenters. The predicted octanol–water partition coefficient (Wildman–Crippen LogP) is -2.95. The fraction of sp³-hybridized carbons (Fsp3) is 0.562. The first-order chi connectivity index (χ1) is 12.3. The van der Waals surface area contributed by atoms with Crippen molar-refractivity contribution in [2.45, 2.75) is 43.2 Å². The quantitative estimate of drug-likeness (QED) is 0.333. The number of carboxylic acid groups (broad SMARTS) is 1. The summed E-state index contributed by atoms with van der Waals surface area (Å²) in [7, 11) is 1.31. The minimum atomic E-state index is -1.60. The SMILES string of the molecule is COc1cc(C(O)CC(=O)[O-])ccc1O[C@@H]1O[C@H](CO)[C@@H](O)[C@H](O)[C@H]1O. The molecule has 1 fully saturated rings. The average molecular weight is 373 g/mol. The molecule has 1 saturated heterocycles. The zero-order chi connectivity index (χ0) is 19.4. The van der Waals surface area contributed by atoms with Gasteiger partial charge in [0.25, 0.3) is 0 Å². The summed E-state index contributed by atoms with van der Waals surface area (Å²) in [6.07, 6.45) is -9.15. The lowest BCUT2D eigenvalue weighted by atomic mass is 9.99. The zero-order valence-corrected chi connectivity index (χ0v) is 13.9. The second-order valence-electron chi connectivity index (χ2n) is 5.82. The Hall–Kier alpha value is -1.95. The van der Waals surface area contributed by atoms with Crippen LogP contribution in [0.1, 0.15) is 18.1 Å². The molecule has 0 spiro atoms. The minimum Gasteiger partial charge on any atom is -0.550 e. The van der Waals surface area contributed by atoms with Crippen LogP contribution >= 0.6 is 0 Å². The summed E-state index contributed by atoms with van der Waals surface area (Å²) in [5.74, 6) is -1.24. The second-order valence-corrected chi connectivity index (χ2v) is 5.82. The number of rotatable bonds is 7. The van der Waals surface area contributed by atoms with Crippen LogP contribution in [0.3, 0.4) is 0 Å². The van der Waals surface area contributed by atoms with Crippen molar-refractivity contribution < 1.29 is 49.6 Å². The maximum absolute atomic E-state index is 10.6. The minimum absolute atomic E-state index is 0.0706. The van der Waals surface area contributed by atoms with E-state index in [9.17, 15) is 35.4 Å². The van der Waals surface area contributed by atoms with E-state index < -0.39 is 55.8 Å².